The number of aromatic nitrogens is 1. The monoisotopic (exact) mass is 443 g/mol. The third-order valence-electron chi connectivity index (χ3n) is 5.83. The molecule has 0 saturated carbocycles. The van der Waals surface area contributed by atoms with Crippen molar-refractivity contribution in [1.82, 2.24) is 14.8 Å². The van der Waals surface area contributed by atoms with Crippen LogP contribution in [0.3, 0.4) is 0 Å². The number of hydrogen-bond donors (Lipinski definition) is 1. The van der Waals surface area contributed by atoms with Gasteiger partial charge in [0.2, 0.25) is 5.43 Å². The molecule has 0 atom stereocenters. The third-order valence-corrected chi connectivity index (χ3v) is 6.19. The van der Waals surface area contributed by atoms with Gasteiger partial charge in [-0.15, -0.1) is 0 Å². The topological polar surface area (TPSA) is 71.4 Å². The Hall–Kier alpha value is -2.60. The summed E-state index contributed by atoms with van der Waals surface area (Å²) < 4.78 is 1.75. The molecule has 0 spiro atoms. The minimum Gasteiger partial charge on any atom is -0.352 e. The third kappa shape index (κ3) is 5.56. The second-order valence-corrected chi connectivity index (χ2v) is 8.93. The zero-order valence-corrected chi connectivity index (χ0v) is 19.1. The van der Waals surface area contributed by atoms with Crippen LogP contribution in [-0.2, 0) is 6.42 Å². The van der Waals surface area contributed by atoms with Gasteiger partial charge in [0.25, 0.3) is 11.8 Å². The molecule has 2 heterocycles. The molecule has 1 aromatic carbocycles. The van der Waals surface area contributed by atoms with Crippen LogP contribution >= 0.6 is 11.6 Å². The number of nitrogens with one attached hydrogen (secondary N) is 1. The first-order valence-corrected chi connectivity index (χ1v) is 11.2. The fraction of sp³-hybridized carbons (Fsp3) is 0.458. The summed E-state index contributed by atoms with van der Waals surface area (Å²) in [5.74, 6) is -0.197. The molecule has 0 radical (unpaired) electrons. The molecule has 0 unspecified atom stereocenters. The van der Waals surface area contributed by atoms with E-state index in [4.69, 9.17) is 11.6 Å². The Morgan fingerprint density at radius 1 is 1.13 bits per heavy atom. The van der Waals surface area contributed by atoms with Gasteiger partial charge in [0.05, 0.1) is 0 Å². The predicted octanol–water partition coefficient (Wildman–Crippen LogP) is 3.93. The highest BCUT2D eigenvalue weighted by Gasteiger charge is 2.26. The van der Waals surface area contributed by atoms with E-state index in [1.807, 2.05) is 32.0 Å². The standard InChI is InChI=1S/C24H30ClN3O3/c1-16(2)28-14-19(23(30)26-11-8-18-6-4-5-7-21(18)25)22(29)20(15-28)24(31)27-12-9-17(3)10-13-27/h4-7,14-17H,8-13H2,1-3H3,(H,26,30). The molecule has 31 heavy (non-hydrogen) atoms. The van der Waals surface area contributed by atoms with Crippen LogP contribution < -0.4 is 10.7 Å². The fourth-order valence-electron chi connectivity index (χ4n) is 3.70. The number of carbonyl (C=O) groups is 2. The van der Waals surface area contributed by atoms with Crippen LogP contribution in [0.2, 0.25) is 5.02 Å². The van der Waals surface area contributed by atoms with E-state index in [0.717, 1.165) is 18.4 Å². The average Bonchev–Trinajstić information content (AvgIpc) is 2.75. The summed E-state index contributed by atoms with van der Waals surface area (Å²) in [6.07, 6.45) is 5.51. The van der Waals surface area contributed by atoms with Gasteiger partial charge in [0.1, 0.15) is 11.1 Å². The van der Waals surface area contributed by atoms with Crippen molar-refractivity contribution >= 4 is 23.4 Å². The van der Waals surface area contributed by atoms with Crippen LogP contribution in [0.1, 0.15) is 65.9 Å². The van der Waals surface area contributed by atoms with Gasteiger partial charge in [0.15, 0.2) is 0 Å². The van der Waals surface area contributed by atoms with Gasteiger partial charge in [-0.25, -0.2) is 0 Å². The number of carbonyl (C=O) groups excluding carboxylic acids is 2. The van der Waals surface area contributed by atoms with Gasteiger partial charge in [-0.3, -0.25) is 14.4 Å². The Bertz CT molecular complexity index is 1010. The molecule has 1 aliphatic rings. The number of rotatable bonds is 6. The highest BCUT2D eigenvalue weighted by Crippen LogP contribution is 2.18. The minimum atomic E-state index is -0.518. The van der Waals surface area contributed by atoms with Crippen molar-refractivity contribution in [2.75, 3.05) is 19.6 Å². The normalized spacial score (nSPS) is 14.7. The van der Waals surface area contributed by atoms with Crippen molar-refractivity contribution in [3.8, 4) is 0 Å². The van der Waals surface area contributed by atoms with Crippen LogP contribution in [0.15, 0.2) is 41.5 Å². The van der Waals surface area contributed by atoms with E-state index >= 15 is 0 Å². The molecule has 1 fully saturated rings. The number of likely N-dealkylation sites (tertiary alicyclic amines) is 1. The zero-order chi connectivity index (χ0) is 22.5. The molecule has 1 aliphatic heterocycles. The van der Waals surface area contributed by atoms with Crippen molar-refractivity contribution in [1.29, 1.82) is 0 Å². The van der Waals surface area contributed by atoms with Crippen LogP contribution in [-0.4, -0.2) is 40.9 Å². The van der Waals surface area contributed by atoms with Crippen LogP contribution in [0.25, 0.3) is 0 Å². The van der Waals surface area contributed by atoms with Gasteiger partial charge >= 0.3 is 0 Å². The molecule has 6 nitrogen and oxygen atoms in total. The quantitative estimate of drug-likeness (QED) is 0.735. The summed E-state index contributed by atoms with van der Waals surface area (Å²) in [4.78, 5) is 40.7. The Balaban J connectivity index is 1.80. The molecular weight excluding hydrogens is 414 g/mol. The summed E-state index contributed by atoms with van der Waals surface area (Å²) in [5, 5.41) is 3.44. The Morgan fingerprint density at radius 3 is 2.42 bits per heavy atom. The maximum atomic E-state index is 13.1. The lowest BCUT2D eigenvalue weighted by molar-refractivity contribution is 0.0695. The van der Waals surface area contributed by atoms with Crippen molar-refractivity contribution in [3.05, 3.63) is 68.6 Å². The smallest absolute Gasteiger partial charge is 0.259 e. The second-order valence-electron chi connectivity index (χ2n) is 8.53. The molecule has 3 rings (SSSR count). The van der Waals surface area contributed by atoms with Gasteiger partial charge in [0, 0.05) is 43.1 Å². The number of benzene rings is 1. The van der Waals surface area contributed by atoms with Crippen molar-refractivity contribution in [2.24, 2.45) is 5.92 Å². The summed E-state index contributed by atoms with van der Waals surface area (Å²) in [6.45, 7) is 7.67. The summed E-state index contributed by atoms with van der Waals surface area (Å²) in [5.41, 5.74) is 0.453. The highest BCUT2D eigenvalue weighted by molar-refractivity contribution is 6.31. The number of halogens is 1. The first-order valence-electron chi connectivity index (χ1n) is 10.8. The molecule has 166 valence electrons. The van der Waals surface area contributed by atoms with E-state index in [9.17, 15) is 14.4 Å². The molecule has 1 N–H and O–H groups in total. The number of piperidine rings is 1. The lowest BCUT2D eigenvalue weighted by Crippen LogP contribution is -2.41. The van der Waals surface area contributed by atoms with Crippen LogP contribution in [0, 0.1) is 5.92 Å². The fourth-order valence-corrected chi connectivity index (χ4v) is 3.93. The molecule has 2 amide bonds. The maximum absolute atomic E-state index is 13.1. The Labute approximate surface area is 188 Å². The van der Waals surface area contributed by atoms with Gasteiger partial charge in [-0.05, 0) is 50.7 Å². The first-order chi connectivity index (χ1) is 14.8. The van der Waals surface area contributed by atoms with Gasteiger partial charge in [-0.2, -0.15) is 0 Å². The lowest BCUT2D eigenvalue weighted by atomic mass is 9.98. The highest BCUT2D eigenvalue weighted by atomic mass is 35.5. The predicted molar refractivity (Wildman–Crippen MR) is 123 cm³/mol. The number of hydrogen-bond acceptors (Lipinski definition) is 3. The number of nitrogens with zero attached hydrogens (tertiary/aromatic N) is 2. The van der Waals surface area contributed by atoms with E-state index in [1.165, 1.54) is 6.20 Å². The second kappa shape index (κ2) is 10.1. The average molecular weight is 444 g/mol. The number of amides is 2. The zero-order valence-electron chi connectivity index (χ0n) is 18.4. The maximum Gasteiger partial charge on any atom is 0.259 e. The van der Waals surface area contributed by atoms with E-state index in [1.54, 1.807) is 21.7 Å². The van der Waals surface area contributed by atoms with E-state index in [-0.39, 0.29) is 23.1 Å². The van der Waals surface area contributed by atoms with Gasteiger partial charge < -0.3 is 14.8 Å². The minimum absolute atomic E-state index is 0.00297. The van der Waals surface area contributed by atoms with E-state index in [2.05, 4.69) is 12.2 Å². The largest absolute Gasteiger partial charge is 0.352 e. The van der Waals surface area contributed by atoms with Crippen LogP contribution in [0.5, 0.6) is 0 Å². The lowest BCUT2D eigenvalue weighted by Gasteiger charge is -2.30. The van der Waals surface area contributed by atoms with Crippen LogP contribution in [0.4, 0.5) is 0 Å². The van der Waals surface area contributed by atoms with Crippen molar-refractivity contribution in [3.63, 3.8) is 0 Å². The molecule has 2 aromatic rings. The van der Waals surface area contributed by atoms with E-state index in [0.29, 0.717) is 37.0 Å². The first kappa shape index (κ1) is 23.1. The Kier molecular flexibility index (Phi) is 7.55. The van der Waals surface area contributed by atoms with Crippen molar-refractivity contribution < 1.29 is 9.59 Å². The molecule has 7 heteroatoms. The molecule has 1 aromatic heterocycles. The Morgan fingerprint density at radius 2 is 1.77 bits per heavy atom. The number of pyridine rings is 1. The SMILES string of the molecule is CC1CCN(C(=O)c2cn(C(C)C)cc(C(=O)NCCc3ccccc3Cl)c2=O)CC1. The van der Waals surface area contributed by atoms with Crippen molar-refractivity contribution in [2.45, 2.75) is 46.1 Å². The van der Waals surface area contributed by atoms with E-state index < -0.39 is 11.3 Å². The summed E-state index contributed by atoms with van der Waals surface area (Å²) >= 11 is 6.17. The summed E-state index contributed by atoms with van der Waals surface area (Å²) in [7, 11) is 0. The summed E-state index contributed by atoms with van der Waals surface area (Å²) in [6, 6.07) is 7.45. The molecule has 1 saturated heterocycles. The van der Waals surface area contributed by atoms with Gasteiger partial charge in [-0.1, -0.05) is 36.7 Å². The molecule has 0 bridgehead atoms. The molecule has 0 aliphatic carbocycles. The molecular formula is C24H30ClN3O3.